The van der Waals surface area contributed by atoms with Crippen molar-refractivity contribution in [1.82, 2.24) is 4.31 Å². The predicted molar refractivity (Wildman–Crippen MR) is 71.4 cm³/mol. The number of nitrogens with zero attached hydrogens (tertiary/aromatic N) is 1. The Labute approximate surface area is 107 Å². The molecule has 1 unspecified atom stereocenters. The maximum absolute atomic E-state index is 11.6. The van der Waals surface area contributed by atoms with Crippen molar-refractivity contribution in [2.45, 2.75) is 12.6 Å². The fourth-order valence-corrected chi connectivity index (χ4v) is 2.25. The van der Waals surface area contributed by atoms with Gasteiger partial charge < -0.3 is 5.11 Å². The summed E-state index contributed by atoms with van der Waals surface area (Å²) in [5.74, 6) is 0. The molecule has 1 rings (SSSR count). The average molecular weight is 273 g/mol. The first-order valence-corrected chi connectivity index (χ1v) is 7.38. The van der Waals surface area contributed by atoms with Gasteiger partial charge in [-0.3, -0.25) is 0 Å². The lowest BCUT2D eigenvalue weighted by molar-refractivity contribution is 0.208. The molecule has 4 nitrogen and oxygen atoms in total. The van der Waals surface area contributed by atoms with Crippen LogP contribution in [0.4, 0.5) is 0 Å². The maximum atomic E-state index is 11.6. The molecule has 0 saturated heterocycles. The van der Waals surface area contributed by atoms with E-state index in [0.29, 0.717) is 0 Å². The topological polar surface area (TPSA) is 57.6 Å². The van der Waals surface area contributed by atoms with Crippen LogP contribution in [0.5, 0.6) is 0 Å². The van der Waals surface area contributed by atoms with Crippen molar-refractivity contribution in [3.05, 3.63) is 35.9 Å². The molecule has 17 heavy (non-hydrogen) atoms. The van der Waals surface area contributed by atoms with Gasteiger partial charge in [-0.2, -0.15) is 4.31 Å². The lowest BCUT2D eigenvalue weighted by Gasteiger charge is -2.21. The molecule has 94 valence electrons. The van der Waals surface area contributed by atoms with E-state index >= 15 is 0 Å². The van der Waals surface area contributed by atoms with E-state index < -0.39 is 16.1 Å². The number of aliphatic hydroxyl groups excluding tert-OH is 1. The van der Waals surface area contributed by atoms with Crippen LogP contribution in [-0.4, -0.2) is 42.1 Å². The van der Waals surface area contributed by atoms with E-state index in [1.165, 1.54) is 4.31 Å². The molecule has 1 N–H and O–H groups in total. The van der Waals surface area contributed by atoms with Crippen LogP contribution in [0, 0.1) is 0 Å². The van der Waals surface area contributed by atoms with Gasteiger partial charge >= 0.3 is 0 Å². The monoisotopic (exact) mass is 273 g/mol. The summed E-state index contributed by atoms with van der Waals surface area (Å²) in [6.45, 7) is 0.219. The molecule has 0 radical (unpaired) electrons. The van der Waals surface area contributed by atoms with E-state index in [1.807, 2.05) is 30.3 Å². The normalized spacial score (nSPS) is 13.6. The number of hydrogen-bond acceptors (Lipinski definition) is 4. The van der Waals surface area contributed by atoms with Gasteiger partial charge in [0.05, 0.1) is 12.4 Å². The number of thiocarbonyl (C=S) groups is 1. The Morgan fingerprint density at radius 3 is 2.47 bits per heavy atom. The largest absolute Gasteiger partial charge is 0.387 e. The molecule has 0 fully saturated rings. The third-order valence-electron chi connectivity index (χ3n) is 2.22. The van der Waals surface area contributed by atoms with Crippen LogP contribution in [0.2, 0.25) is 0 Å². The standard InChI is InChI=1S/C11H15NO3S2/c1-17(14,15)12(8-11(13)9-16)7-10-5-3-2-4-6-10/h2-6,9,11,13H,7-8H2,1H3. The highest BCUT2D eigenvalue weighted by Crippen LogP contribution is 2.08. The van der Waals surface area contributed by atoms with Crippen LogP contribution < -0.4 is 0 Å². The van der Waals surface area contributed by atoms with Gasteiger partial charge in [0.15, 0.2) is 0 Å². The summed E-state index contributed by atoms with van der Waals surface area (Å²) in [5.41, 5.74) is 0.870. The third-order valence-corrected chi connectivity index (χ3v) is 3.75. The van der Waals surface area contributed by atoms with Gasteiger partial charge in [-0.15, -0.1) is 0 Å². The first-order chi connectivity index (χ1) is 7.93. The fraction of sp³-hybridized carbons (Fsp3) is 0.364. The number of sulfonamides is 1. The van der Waals surface area contributed by atoms with Crippen LogP contribution in [0.1, 0.15) is 5.56 Å². The minimum absolute atomic E-state index is 0.0166. The third kappa shape index (κ3) is 4.91. The van der Waals surface area contributed by atoms with Gasteiger partial charge in [-0.25, -0.2) is 8.42 Å². The zero-order valence-corrected chi connectivity index (χ0v) is 11.1. The quantitative estimate of drug-likeness (QED) is 0.779. The zero-order valence-electron chi connectivity index (χ0n) is 9.48. The Bertz CT molecular complexity index is 459. The Morgan fingerprint density at radius 2 is 2.00 bits per heavy atom. The lowest BCUT2D eigenvalue weighted by Crippen LogP contribution is -2.36. The Balaban J connectivity index is 2.82. The minimum Gasteiger partial charge on any atom is -0.387 e. The highest BCUT2D eigenvalue weighted by atomic mass is 32.2. The van der Waals surface area contributed by atoms with Crippen molar-refractivity contribution in [3.8, 4) is 0 Å². The minimum atomic E-state index is -3.36. The number of benzene rings is 1. The molecule has 0 aliphatic rings. The fourth-order valence-electron chi connectivity index (χ4n) is 1.36. The molecular formula is C11H15NO3S2. The summed E-state index contributed by atoms with van der Waals surface area (Å²) in [7, 11) is -3.36. The van der Waals surface area contributed by atoms with E-state index in [-0.39, 0.29) is 13.1 Å². The van der Waals surface area contributed by atoms with E-state index in [2.05, 4.69) is 12.2 Å². The summed E-state index contributed by atoms with van der Waals surface area (Å²) in [6.07, 6.45) is 0.190. The van der Waals surface area contributed by atoms with Gasteiger partial charge in [0.2, 0.25) is 10.0 Å². The molecule has 0 aliphatic heterocycles. The molecule has 0 aromatic heterocycles. The van der Waals surface area contributed by atoms with Gasteiger partial charge in [0.1, 0.15) is 0 Å². The molecule has 1 aromatic rings. The maximum Gasteiger partial charge on any atom is 0.211 e. The van der Waals surface area contributed by atoms with Crippen LogP contribution in [0.15, 0.2) is 30.3 Å². The highest BCUT2D eigenvalue weighted by molar-refractivity contribution is 7.88. The molecule has 1 atom stereocenters. The van der Waals surface area contributed by atoms with Gasteiger partial charge in [-0.05, 0) is 5.56 Å². The zero-order chi connectivity index (χ0) is 12.9. The molecular weight excluding hydrogens is 258 g/mol. The van der Waals surface area contributed by atoms with Gasteiger partial charge in [0.25, 0.3) is 0 Å². The highest BCUT2D eigenvalue weighted by Gasteiger charge is 2.19. The van der Waals surface area contributed by atoms with Crippen LogP contribution in [-0.2, 0) is 16.6 Å². The molecule has 0 spiro atoms. The molecule has 0 amide bonds. The summed E-state index contributed by atoms with van der Waals surface area (Å²) < 4.78 is 24.3. The van der Waals surface area contributed by atoms with Crippen molar-refractivity contribution in [1.29, 1.82) is 0 Å². The van der Waals surface area contributed by atoms with Crippen molar-refractivity contribution in [3.63, 3.8) is 0 Å². The van der Waals surface area contributed by atoms with Crippen LogP contribution in [0.25, 0.3) is 0 Å². The second-order valence-electron chi connectivity index (χ2n) is 3.74. The van der Waals surface area contributed by atoms with Crippen LogP contribution >= 0.6 is 12.2 Å². The average Bonchev–Trinajstić information content (AvgIpc) is 2.28. The summed E-state index contributed by atoms with van der Waals surface area (Å²) >= 11 is 4.58. The van der Waals surface area contributed by atoms with E-state index in [0.717, 1.165) is 17.2 Å². The van der Waals surface area contributed by atoms with Crippen molar-refractivity contribution < 1.29 is 13.5 Å². The van der Waals surface area contributed by atoms with Crippen molar-refractivity contribution in [2.75, 3.05) is 12.8 Å². The Morgan fingerprint density at radius 1 is 1.41 bits per heavy atom. The summed E-state index contributed by atoms with van der Waals surface area (Å²) in [6, 6.07) is 9.21. The predicted octanol–water partition coefficient (Wildman–Crippen LogP) is 0.809. The summed E-state index contributed by atoms with van der Waals surface area (Å²) in [5, 5.41) is 10.6. The van der Waals surface area contributed by atoms with E-state index in [4.69, 9.17) is 0 Å². The SMILES string of the molecule is CS(=O)(=O)N(Cc1ccccc1)CC(O)C=S. The Hall–Kier alpha value is -0.820. The first-order valence-electron chi connectivity index (χ1n) is 5.06. The number of rotatable bonds is 6. The van der Waals surface area contributed by atoms with Gasteiger partial charge in [-0.1, -0.05) is 42.5 Å². The number of aliphatic hydroxyl groups is 1. The molecule has 6 heteroatoms. The van der Waals surface area contributed by atoms with E-state index in [1.54, 1.807) is 0 Å². The Kier molecular flexibility index (Phi) is 5.20. The summed E-state index contributed by atoms with van der Waals surface area (Å²) in [4.78, 5) is 0. The number of hydrogen-bond donors (Lipinski definition) is 1. The first kappa shape index (κ1) is 14.2. The van der Waals surface area contributed by atoms with Crippen molar-refractivity contribution in [2.24, 2.45) is 0 Å². The second kappa shape index (κ2) is 6.20. The van der Waals surface area contributed by atoms with E-state index in [9.17, 15) is 13.5 Å². The molecule has 1 aromatic carbocycles. The van der Waals surface area contributed by atoms with Crippen LogP contribution in [0.3, 0.4) is 0 Å². The van der Waals surface area contributed by atoms with Crippen molar-refractivity contribution >= 4 is 27.6 Å². The molecule has 0 bridgehead atoms. The smallest absolute Gasteiger partial charge is 0.211 e. The second-order valence-corrected chi connectivity index (χ2v) is 6.00. The molecule has 0 aliphatic carbocycles. The molecule has 0 saturated carbocycles. The lowest BCUT2D eigenvalue weighted by atomic mass is 10.2. The molecule has 0 heterocycles. The van der Waals surface area contributed by atoms with Gasteiger partial charge in [0, 0.05) is 18.5 Å².